The van der Waals surface area contributed by atoms with Crippen molar-refractivity contribution >= 4 is 11.8 Å². The summed E-state index contributed by atoms with van der Waals surface area (Å²) in [6.07, 6.45) is 7.74. The Balaban J connectivity index is 1.28. The largest absolute Gasteiger partial charge is 0.381 e. The lowest BCUT2D eigenvalue weighted by Crippen LogP contribution is -2.55. The van der Waals surface area contributed by atoms with Gasteiger partial charge >= 0.3 is 0 Å². The van der Waals surface area contributed by atoms with Crippen LogP contribution >= 0.6 is 0 Å². The molecule has 3 fully saturated rings. The van der Waals surface area contributed by atoms with Crippen molar-refractivity contribution in [3.05, 3.63) is 18.2 Å². The molecule has 152 valence electrons. The van der Waals surface area contributed by atoms with Crippen molar-refractivity contribution in [1.29, 1.82) is 0 Å². The van der Waals surface area contributed by atoms with Crippen LogP contribution in [-0.4, -0.2) is 65.2 Å². The number of carbonyl (C=O) groups is 2. The molecule has 1 N–H and O–H groups in total. The molecule has 1 aliphatic carbocycles. The van der Waals surface area contributed by atoms with E-state index in [2.05, 4.69) is 10.3 Å². The van der Waals surface area contributed by atoms with Crippen LogP contribution < -0.4 is 5.32 Å². The van der Waals surface area contributed by atoms with E-state index in [1.807, 2.05) is 15.7 Å². The third kappa shape index (κ3) is 3.33. The van der Waals surface area contributed by atoms with Gasteiger partial charge in [-0.2, -0.15) is 0 Å². The molecule has 0 bridgehead atoms. The summed E-state index contributed by atoms with van der Waals surface area (Å²) in [5.74, 6) is 1.66. The maximum Gasteiger partial charge on any atom is 0.251 e. The second kappa shape index (κ2) is 7.15. The number of fused-ring (bicyclic) bond motifs is 2. The van der Waals surface area contributed by atoms with E-state index >= 15 is 0 Å². The highest BCUT2D eigenvalue weighted by Gasteiger charge is 2.48. The number of rotatable bonds is 4. The van der Waals surface area contributed by atoms with E-state index in [9.17, 15) is 9.59 Å². The third-order valence-electron chi connectivity index (χ3n) is 6.57. The van der Waals surface area contributed by atoms with Gasteiger partial charge < -0.3 is 24.3 Å². The van der Waals surface area contributed by atoms with E-state index in [1.165, 1.54) is 12.8 Å². The minimum atomic E-state index is -0.591. The number of hydrogen-bond donors (Lipinski definition) is 1. The van der Waals surface area contributed by atoms with Gasteiger partial charge in [-0.25, -0.2) is 4.98 Å². The molecule has 4 aliphatic rings. The lowest BCUT2D eigenvalue weighted by atomic mass is 9.87. The first-order chi connectivity index (χ1) is 13.6. The molecule has 0 unspecified atom stereocenters. The van der Waals surface area contributed by atoms with E-state index in [-0.39, 0.29) is 17.7 Å². The first kappa shape index (κ1) is 18.1. The number of amides is 2. The molecule has 2 amide bonds. The number of imidazole rings is 1. The average molecular weight is 388 g/mol. The summed E-state index contributed by atoms with van der Waals surface area (Å²) in [6.45, 7) is 3.69. The van der Waals surface area contributed by atoms with E-state index in [0.29, 0.717) is 51.6 Å². The number of likely N-dealkylation sites (tertiary alicyclic amines) is 1. The number of nitrogens with zero attached hydrogens (tertiary/aromatic N) is 3. The zero-order valence-corrected chi connectivity index (χ0v) is 16.1. The van der Waals surface area contributed by atoms with E-state index in [0.717, 1.165) is 18.8 Å². The molecule has 4 heterocycles. The third-order valence-corrected chi connectivity index (χ3v) is 6.57. The zero-order valence-electron chi connectivity index (χ0n) is 16.1. The lowest BCUT2D eigenvalue weighted by molar-refractivity contribution is -0.176. The van der Waals surface area contributed by atoms with Gasteiger partial charge in [0.05, 0.1) is 19.1 Å². The summed E-state index contributed by atoms with van der Waals surface area (Å²) < 4.78 is 13.8. The van der Waals surface area contributed by atoms with Crippen LogP contribution in [0.5, 0.6) is 0 Å². The molecular weight excluding hydrogens is 360 g/mol. The van der Waals surface area contributed by atoms with Crippen LogP contribution in [0, 0.1) is 11.8 Å². The van der Waals surface area contributed by atoms with Crippen molar-refractivity contribution in [1.82, 2.24) is 19.8 Å². The van der Waals surface area contributed by atoms with Gasteiger partial charge in [0.1, 0.15) is 11.4 Å². The Hall–Kier alpha value is -1.93. The van der Waals surface area contributed by atoms with Gasteiger partial charge in [0.15, 0.2) is 6.10 Å². The van der Waals surface area contributed by atoms with Crippen LogP contribution in [-0.2, 0) is 31.2 Å². The SMILES string of the molecule is O=C(NCC1CC1)[C@H]1Cn2ccnc2C2(CCN(C(=O)[C@@H]3CCOC3)CC2)O1. The van der Waals surface area contributed by atoms with Crippen molar-refractivity contribution in [2.75, 3.05) is 32.8 Å². The molecule has 0 radical (unpaired) electrons. The van der Waals surface area contributed by atoms with Crippen molar-refractivity contribution in [3.63, 3.8) is 0 Å². The minimum absolute atomic E-state index is 0.00994. The van der Waals surface area contributed by atoms with Gasteiger partial charge in [-0.3, -0.25) is 9.59 Å². The molecule has 1 spiro atoms. The Morgan fingerprint density at radius 2 is 2.07 bits per heavy atom. The maximum absolute atomic E-state index is 12.7. The van der Waals surface area contributed by atoms with E-state index < -0.39 is 11.7 Å². The van der Waals surface area contributed by atoms with Gasteiger partial charge in [0.2, 0.25) is 5.91 Å². The molecule has 8 nitrogen and oxygen atoms in total. The minimum Gasteiger partial charge on any atom is -0.381 e. The lowest BCUT2D eigenvalue weighted by Gasteiger charge is -2.45. The highest BCUT2D eigenvalue weighted by atomic mass is 16.5. The molecule has 0 aromatic carbocycles. The molecule has 28 heavy (non-hydrogen) atoms. The Bertz CT molecular complexity index is 745. The second-order valence-electron chi connectivity index (χ2n) is 8.58. The standard InChI is InChI=1S/C20H28N4O4/c25-17(22-11-14-1-2-14)16-12-24-9-6-21-19(24)20(28-16)4-7-23(8-5-20)18(26)15-3-10-27-13-15/h6,9,14-16H,1-5,7-8,10-13H2,(H,22,25)/t15-,16-/m1/s1. The summed E-state index contributed by atoms with van der Waals surface area (Å²) in [5, 5.41) is 3.05. The normalized spacial score (nSPS) is 28.9. The quantitative estimate of drug-likeness (QED) is 0.819. The summed E-state index contributed by atoms with van der Waals surface area (Å²) in [7, 11) is 0. The second-order valence-corrected chi connectivity index (χ2v) is 8.58. The number of piperidine rings is 1. The van der Waals surface area contributed by atoms with Crippen LogP contribution in [0.2, 0.25) is 0 Å². The van der Waals surface area contributed by atoms with Crippen molar-refractivity contribution < 1.29 is 19.1 Å². The van der Waals surface area contributed by atoms with Crippen molar-refractivity contribution in [2.24, 2.45) is 11.8 Å². The monoisotopic (exact) mass is 388 g/mol. The molecule has 3 aliphatic heterocycles. The Morgan fingerprint density at radius 1 is 1.25 bits per heavy atom. The molecule has 2 saturated heterocycles. The smallest absolute Gasteiger partial charge is 0.251 e. The topological polar surface area (TPSA) is 85.7 Å². The fraction of sp³-hybridized carbons (Fsp3) is 0.750. The highest BCUT2D eigenvalue weighted by molar-refractivity contribution is 5.81. The van der Waals surface area contributed by atoms with Crippen LogP contribution in [0.3, 0.4) is 0 Å². The average Bonchev–Trinajstić information content (AvgIpc) is 3.17. The summed E-state index contributed by atoms with van der Waals surface area (Å²) >= 11 is 0. The number of hydrogen-bond acceptors (Lipinski definition) is 5. The zero-order chi connectivity index (χ0) is 19.1. The van der Waals surface area contributed by atoms with Crippen LogP contribution in [0.1, 0.15) is 37.9 Å². The van der Waals surface area contributed by atoms with Crippen LogP contribution in [0.25, 0.3) is 0 Å². The fourth-order valence-corrected chi connectivity index (χ4v) is 4.63. The summed E-state index contributed by atoms with van der Waals surface area (Å²) in [6, 6.07) is 0. The predicted molar refractivity (Wildman–Crippen MR) is 99.3 cm³/mol. The number of nitrogens with one attached hydrogen (secondary N) is 1. The van der Waals surface area contributed by atoms with Gasteiger partial charge in [0.25, 0.3) is 5.91 Å². The Kier molecular flexibility index (Phi) is 4.63. The highest BCUT2D eigenvalue weighted by Crippen LogP contribution is 2.40. The van der Waals surface area contributed by atoms with Crippen molar-refractivity contribution in [3.8, 4) is 0 Å². The summed E-state index contributed by atoms with van der Waals surface area (Å²) in [4.78, 5) is 31.9. The molecular formula is C20H28N4O4. The van der Waals surface area contributed by atoms with Gasteiger partial charge in [-0.1, -0.05) is 0 Å². The molecule has 5 rings (SSSR count). The van der Waals surface area contributed by atoms with Gasteiger partial charge in [0, 0.05) is 51.5 Å². The first-order valence-corrected chi connectivity index (χ1v) is 10.5. The predicted octanol–water partition coefficient (Wildman–Crippen LogP) is 0.662. The van der Waals surface area contributed by atoms with Crippen molar-refractivity contribution in [2.45, 2.75) is 50.4 Å². The Labute approximate surface area is 164 Å². The summed E-state index contributed by atoms with van der Waals surface area (Å²) in [5.41, 5.74) is -0.591. The fourth-order valence-electron chi connectivity index (χ4n) is 4.63. The number of ether oxygens (including phenoxy) is 2. The Morgan fingerprint density at radius 3 is 2.79 bits per heavy atom. The van der Waals surface area contributed by atoms with Gasteiger partial charge in [-0.05, 0) is 25.2 Å². The van der Waals surface area contributed by atoms with Crippen LogP contribution in [0.15, 0.2) is 12.4 Å². The molecule has 1 saturated carbocycles. The molecule has 1 aromatic heterocycles. The molecule has 1 aromatic rings. The van der Waals surface area contributed by atoms with Gasteiger partial charge in [-0.15, -0.1) is 0 Å². The number of carbonyl (C=O) groups excluding carboxylic acids is 2. The first-order valence-electron chi connectivity index (χ1n) is 10.5. The van der Waals surface area contributed by atoms with Crippen LogP contribution in [0.4, 0.5) is 0 Å². The molecule has 2 atom stereocenters. The van der Waals surface area contributed by atoms with E-state index in [4.69, 9.17) is 9.47 Å². The number of aromatic nitrogens is 2. The molecule has 8 heteroatoms. The maximum atomic E-state index is 12.7. The van der Waals surface area contributed by atoms with E-state index in [1.54, 1.807) is 6.20 Å².